The third-order valence-corrected chi connectivity index (χ3v) is 2.05. The Kier molecular flexibility index (Phi) is 4.43. The van der Waals surface area contributed by atoms with Crippen molar-refractivity contribution in [2.45, 2.75) is 26.6 Å². The predicted molar refractivity (Wildman–Crippen MR) is 58.3 cm³/mol. The van der Waals surface area contributed by atoms with Crippen LogP contribution in [0.15, 0.2) is 12.1 Å². The molecule has 0 bridgehead atoms. The molecule has 1 aromatic carbocycles. The molecule has 1 aromatic rings. The van der Waals surface area contributed by atoms with E-state index >= 15 is 0 Å². The SMILES string of the molecule is COc1c(F)cc(COC(C)C)cc1C=O. The smallest absolute Gasteiger partial charge is 0.166 e. The van der Waals surface area contributed by atoms with E-state index in [9.17, 15) is 9.18 Å². The van der Waals surface area contributed by atoms with Crippen molar-refractivity contribution in [3.63, 3.8) is 0 Å². The fraction of sp³-hybridized carbons (Fsp3) is 0.417. The fourth-order valence-corrected chi connectivity index (χ4v) is 1.32. The Balaban J connectivity index is 2.96. The Hall–Kier alpha value is -1.42. The Morgan fingerprint density at radius 2 is 2.12 bits per heavy atom. The fourth-order valence-electron chi connectivity index (χ4n) is 1.32. The topological polar surface area (TPSA) is 35.5 Å². The van der Waals surface area contributed by atoms with Crippen LogP contribution in [0.3, 0.4) is 0 Å². The van der Waals surface area contributed by atoms with E-state index in [-0.39, 0.29) is 24.0 Å². The number of methoxy groups -OCH3 is 1. The molecular formula is C12H15FO3. The zero-order valence-electron chi connectivity index (χ0n) is 9.62. The summed E-state index contributed by atoms with van der Waals surface area (Å²) in [6.07, 6.45) is 0.630. The molecule has 0 amide bonds. The first kappa shape index (κ1) is 12.6. The van der Waals surface area contributed by atoms with Gasteiger partial charge in [0.1, 0.15) is 0 Å². The maximum Gasteiger partial charge on any atom is 0.166 e. The van der Waals surface area contributed by atoms with Gasteiger partial charge in [-0.1, -0.05) is 0 Å². The van der Waals surface area contributed by atoms with Crippen LogP contribution in [-0.4, -0.2) is 19.5 Å². The highest BCUT2D eigenvalue weighted by atomic mass is 19.1. The monoisotopic (exact) mass is 226 g/mol. The summed E-state index contributed by atoms with van der Waals surface area (Å²) in [6, 6.07) is 2.88. The number of carbonyl (C=O) groups is 1. The van der Waals surface area contributed by atoms with Crippen molar-refractivity contribution in [2.75, 3.05) is 7.11 Å². The zero-order valence-corrected chi connectivity index (χ0v) is 9.62. The Bertz CT molecular complexity index is 375. The average Bonchev–Trinajstić information content (AvgIpc) is 2.25. The second-order valence-corrected chi connectivity index (χ2v) is 3.68. The highest BCUT2D eigenvalue weighted by Gasteiger charge is 2.11. The normalized spacial score (nSPS) is 10.6. The summed E-state index contributed by atoms with van der Waals surface area (Å²) in [5.41, 5.74) is 0.818. The first-order valence-electron chi connectivity index (χ1n) is 5.01. The Morgan fingerprint density at radius 3 is 2.62 bits per heavy atom. The van der Waals surface area contributed by atoms with Gasteiger partial charge < -0.3 is 9.47 Å². The highest BCUT2D eigenvalue weighted by molar-refractivity contribution is 5.79. The first-order valence-corrected chi connectivity index (χ1v) is 5.01. The van der Waals surface area contributed by atoms with Crippen molar-refractivity contribution < 1.29 is 18.7 Å². The number of hydrogen-bond acceptors (Lipinski definition) is 3. The number of aldehydes is 1. The Morgan fingerprint density at radius 1 is 1.44 bits per heavy atom. The quantitative estimate of drug-likeness (QED) is 0.724. The number of hydrogen-bond donors (Lipinski definition) is 0. The lowest BCUT2D eigenvalue weighted by atomic mass is 10.1. The second-order valence-electron chi connectivity index (χ2n) is 3.68. The maximum absolute atomic E-state index is 13.5. The van der Waals surface area contributed by atoms with Gasteiger partial charge in [-0.15, -0.1) is 0 Å². The summed E-state index contributed by atoms with van der Waals surface area (Å²) in [5, 5.41) is 0. The van der Waals surface area contributed by atoms with E-state index in [1.165, 1.54) is 13.2 Å². The number of halogens is 1. The summed E-state index contributed by atoms with van der Waals surface area (Å²) in [6.45, 7) is 4.06. The van der Waals surface area contributed by atoms with Gasteiger partial charge in [-0.2, -0.15) is 0 Å². The van der Waals surface area contributed by atoms with Gasteiger partial charge in [0, 0.05) is 0 Å². The summed E-state index contributed by atoms with van der Waals surface area (Å²) in [7, 11) is 1.33. The van der Waals surface area contributed by atoms with Crippen LogP contribution in [0.25, 0.3) is 0 Å². The maximum atomic E-state index is 13.5. The number of carbonyl (C=O) groups excluding carboxylic acids is 1. The minimum atomic E-state index is -0.547. The van der Waals surface area contributed by atoms with Crippen molar-refractivity contribution in [3.05, 3.63) is 29.1 Å². The number of rotatable bonds is 5. The molecule has 0 radical (unpaired) electrons. The number of ether oxygens (including phenoxy) is 2. The van der Waals surface area contributed by atoms with Gasteiger partial charge in [0.25, 0.3) is 0 Å². The molecule has 1 rings (SSSR count). The van der Waals surface area contributed by atoms with Crippen molar-refractivity contribution in [1.82, 2.24) is 0 Å². The van der Waals surface area contributed by atoms with E-state index < -0.39 is 5.82 Å². The zero-order chi connectivity index (χ0) is 12.1. The van der Waals surface area contributed by atoms with Gasteiger partial charge in [0.15, 0.2) is 17.9 Å². The summed E-state index contributed by atoms with van der Waals surface area (Å²) in [4.78, 5) is 10.7. The van der Waals surface area contributed by atoms with E-state index in [0.717, 1.165) is 0 Å². The van der Waals surface area contributed by atoms with Crippen LogP contribution >= 0.6 is 0 Å². The van der Waals surface area contributed by atoms with Gasteiger partial charge in [0.2, 0.25) is 0 Å². The lowest BCUT2D eigenvalue weighted by Gasteiger charge is -2.10. The molecule has 4 heteroatoms. The van der Waals surface area contributed by atoms with Crippen LogP contribution in [0.4, 0.5) is 4.39 Å². The van der Waals surface area contributed by atoms with Crippen LogP contribution in [0, 0.1) is 5.82 Å². The summed E-state index contributed by atoms with van der Waals surface area (Å²) in [5.74, 6) is -0.572. The van der Waals surface area contributed by atoms with E-state index in [1.54, 1.807) is 6.07 Å². The van der Waals surface area contributed by atoms with Crippen LogP contribution in [-0.2, 0) is 11.3 Å². The van der Waals surface area contributed by atoms with Gasteiger partial charge in [-0.25, -0.2) is 4.39 Å². The molecule has 0 N–H and O–H groups in total. The van der Waals surface area contributed by atoms with Crippen molar-refractivity contribution in [3.8, 4) is 5.75 Å². The largest absolute Gasteiger partial charge is 0.493 e. The van der Waals surface area contributed by atoms with Crippen LogP contribution in [0.1, 0.15) is 29.8 Å². The highest BCUT2D eigenvalue weighted by Crippen LogP contribution is 2.23. The lowest BCUT2D eigenvalue weighted by molar-refractivity contribution is 0.0655. The molecule has 0 aliphatic heterocycles. The van der Waals surface area contributed by atoms with E-state index in [0.29, 0.717) is 11.8 Å². The van der Waals surface area contributed by atoms with Crippen molar-refractivity contribution in [2.24, 2.45) is 0 Å². The summed E-state index contributed by atoms with van der Waals surface area (Å²) >= 11 is 0. The van der Waals surface area contributed by atoms with Gasteiger partial charge >= 0.3 is 0 Å². The van der Waals surface area contributed by atoms with E-state index in [2.05, 4.69) is 0 Å². The average molecular weight is 226 g/mol. The molecule has 0 unspecified atom stereocenters. The molecule has 3 nitrogen and oxygen atoms in total. The van der Waals surface area contributed by atoms with E-state index in [1.807, 2.05) is 13.8 Å². The first-order chi connectivity index (χ1) is 7.58. The molecule has 0 aromatic heterocycles. The van der Waals surface area contributed by atoms with Crippen molar-refractivity contribution >= 4 is 6.29 Å². The molecule has 0 heterocycles. The van der Waals surface area contributed by atoms with Crippen LogP contribution in [0.5, 0.6) is 5.75 Å². The van der Waals surface area contributed by atoms with Crippen LogP contribution < -0.4 is 4.74 Å². The summed E-state index contributed by atoms with van der Waals surface area (Å²) < 4.78 is 23.6. The Labute approximate surface area is 94.2 Å². The minimum absolute atomic E-state index is 0.0247. The van der Waals surface area contributed by atoms with Gasteiger partial charge in [-0.05, 0) is 31.5 Å². The third kappa shape index (κ3) is 3.03. The van der Waals surface area contributed by atoms with Crippen molar-refractivity contribution in [1.29, 1.82) is 0 Å². The minimum Gasteiger partial charge on any atom is -0.493 e. The predicted octanol–water partition coefficient (Wildman–Crippen LogP) is 2.57. The molecule has 0 atom stereocenters. The molecule has 0 saturated heterocycles. The molecule has 0 saturated carbocycles. The number of benzene rings is 1. The molecule has 0 spiro atoms. The third-order valence-electron chi connectivity index (χ3n) is 2.05. The lowest BCUT2D eigenvalue weighted by Crippen LogP contribution is -2.04. The van der Waals surface area contributed by atoms with Gasteiger partial charge in [0.05, 0.1) is 25.4 Å². The molecule has 88 valence electrons. The van der Waals surface area contributed by atoms with E-state index in [4.69, 9.17) is 9.47 Å². The molecule has 16 heavy (non-hydrogen) atoms. The van der Waals surface area contributed by atoms with Gasteiger partial charge in [-0.3, -0.25) is 4.79 Å². The molecular weight excluding hydrogens is 211 g/mol. The molecule has 0 fully saturated rings. The second kappa shape index (κ2) is 5.61. The van der Waals surface area contributed by atoms with Crippen LogP contribution in [0.2, 0.25) is 0 Å². The molecule has 0 aliphatic carbocycles. The molecule has 0 aliphatic rings. The standard InChI is InChI=1S/C12H15FO3/c1-8(2)16-7-9-4-10(6-14)12(15-3)11(13)5-9/h4-6,8H,7H2,1-3H3.